The van der Waals surface area contributed by atoms with Gasteiger partial charge in [0.15, 0.2) is 0 Å². The molecule has 3 saturated heterocycles. The number of hydrogen-bond donors (Lipinski definition) is 2. The van der Waals surface area contributed by atoms with Crippen molar-refractivity contribution in [1.29, 1.82) is 0 Å². The number of rotatable bonds is 4. The van der Waals surface area contributed by atoms with E-state index in [-0.39, 0.29) is 43.5 Å². The molecule has 2 bridgehead atoms. The van der Waals surface area contributed by atoms with Gasteiger partial charge in [0.2, 0.25) is 11.8 Å². The van der Waals surface area contributed by atoms with Crippen molar-refractivity contribution in [2.45, 2.75) is 56.4 Å². The lowest BCUT2D eigenvalue weighted by Gasteiger charge is -2.36. The summed E-state index contributed by atoms with van der Waals surface area (Å²) in [7, 11) is 0. The second-order valence-electron chi connectivity index (χ2n) is 7.35. The summed E-state index contributed by atoms with van der Waals surface area (Å²) in [6.07, 6.45) is 4.34. The minimum Gasteiger partial charge on any atom is -0.369 e. The predicted molar refractivity (Wildman–Crippen MR) is 100.0 cm³/mol. The normalized spacial score (nSPS) is 30.6. The number of amides is 2. The SMILES string of the molecule is Cl.O=C(NC1CC2CCC(C1)N2)[C@H]1COCC(=O)N1Cc1ccccc1. The Morgan fingerprint density at radius 3 is 2.58 bits per heavy atom. The van der Waals surface area contributed by atoms with Crippen molar-refractivity contribution in [2.24, 2.45) is 0 Å². The number of benzene rings is 1. The van der Waals surface area contributed by atoms with E-state index < -0.39 is 6.04 Å². The van der Waals surface area contributed by atoms with Crippen LogP contribution >= 0.6 is 12.4 Å². The van der Waals surface area contributed by atoms with Crippen molar-refractivity contribution in [2.75, 3.05) is 13.2 Å². The van der Waals surface area contributed by atoms with Crippen LogP contribution in [-0.4, -0.2) is 54.1 Å². The van der Waals surface area contributed by atoms with E-state index in [0.717, 1.165) is 18.4 Å². The van der Waals surface area contributed by atoms with E-state index in [0.29, 0.717) is 18.6 Å². The molecule has 142 valence electrons. The van der Waals surface area contributed by atoms with Gasteiger partial charge in [0.1, 0.15) is 12.6 Å². The number of piperidine rings is 1. The van der Waals surface area contributed by atoms with Gasteiger partial charge in [-0.25, -0.2) is 0 Å². The molecule has 0 aromatic heterocycles. The Hall–Kier alpha value is -1.63. The van der Waals surface area contributed by atoms with Gasteiger partial charge < -0.3 is 20.3 Å². The Morgan fingerprint density at radius 1 is 1.19 bits per heavy atom. The number of morpholine rings is 1. The lowest BCUT2D eigenvalue weighted by Crippen LogP contribution is -2.58. The summed E-state index contributed by atoms with van der Waals surface area (Å²) in [6.45, 7) is 0.759. The van der Waals surface area contributed by atoms with E-state index in [4.69, 9.17) is 4.74 Å². The highest BCUT2D eigenvalue weighted by Gasteiger charge is 2.38. The first-order valence-electron chi connectivity index (χ1n) is 9.16. The molecule has 3 fully saturated rings. The van der Waals surface area contributed by atoms with Crippen LogP contribution in [0.4, 0.5) is 0 Å². The fourth-order valence-electron chi connectivity index (χ4n) is 4.27. The Bertz CT molecular complexity index is 630. The van der Waals surface area contributed by atoms with Gasteiger partial charge in [0, 0.05) is 24.7 Å². The zero-order chi connectivity index (χ0) is 17.2. The molecule has 4 rings (SSSR count). The van der Waals surface area contributed by atoms with Crippen LogP contribution in [0.15, 0.2) is 30.3 Å². The summed E-state index contributed by atoms with van der Waals surface area (Å²) < 4.78 is 5.36. The highest BCUT2D eigenvalue weighted by Crippen LogP contribution is 2.27. The topological polar surface area (TPSA) is 70.7 Å². The largest absolute Gasteiger partial charge is 0.369 e. The summed E-state index contributed by atoms with van der Waals surface area (Å²) in [5.41, 5.74) is 1.02. The van der Waals surface area contributed by atoms with Gasteiger partial charge in [-0.3, -0.25) is 9.59 Å². The predicted octanol–water partition coefficient (Wildman–Crippen LogP) is 1.24. The van der Waals surface area contributed by atoms with E-state index in [1.807, 2.05) is 30.3 Å². The van der Waals surface area contributed by atoms with Gasteiger partial charge >= 0.3 is 0 Å². The van der Waals surface area contributed by atoms with Crippen LogP contribution < -0.4 is 10.6 Å². The van der Waals surface area contributed by atoms with Gasteiger partial charge in [-0.2, -0.15) is 0 Å². The third-order valence-corrected chi connectivity index (χ3v) is 5.52. The number of carbonyl (C=O) groups excluding carboxylic acids is 2. The Kier molecular flexibility index (Phi) is 6.16. The monoisotopic (exact) mass is 379 g/mol. The number of nitrogens with one attached hydrogen (secondary N) is 2. The fraction of sp³-hybridized carbons (Fsp3) is 0.579. The molecule has 1 aromatic carbocycles. The molecular weight excluding hydrogens is 354 g/mol. The van der Waals surface area contributed by atoms with Gasteiger partial charge in [-0.1, -0.05) is 30.3 Å². The van der Waals surface area contributed by atoms with Crippen LogP contribution in [0.5, 0.6) is 0 Å². The molecule has 2 amide bonds. The summed E-state index contributed by atoms with van der Waals surface area (Å²) >= 11 is 0. The number of hydrogen-bond acceptors (Lipinski definition) is 4. The molecule has 0 aliphatic carbocycles. The zero-order valence-corrected chi connectivity index (χ0v) is 15.5. The van der Waals surface area contributed by atoms with Gasteiger partial charge in [-0.15, -0.1) is 12.4 Å². The van der Waals surface area contributed by atoms with E-state index in [2.05, 4.69) is 10.6 Å². The zero-order valence-electron chi connectivity index (χ0n) is 14.7. The maximum Gasteiger partial charge on any atom is 0.249 e. The molecule has 0 spiro atoms. The highest BCUT2D eigenvalue weighted by atomic mass is 35.5. The Balaban J connectivity index is 0.00000196. The summed E-state index contributed by atoms with van der Waals surface area (Å²) in [5, 5.41) is 6.75. The number of fused-ring (bicyclic) bond motifs is 2. The molecule has 0 saturated carbocycles. The maximum absolute atomic E-state index is 12.8. The molecule has 2 unspecified atom stereocenters. The number of ether oxygens (including phenoxy) is 1. The number of halogens is 1. The van der Waals surface area contributed by atoms with Crippen LogP contribution in [0.25, 0.3) is 0 Å². The highest BCUT2D eigenvalue weighted by molar-refractivity contribution is 5.89. The van der Waals surface area contributed by atoms with Crippen LogP contribution in [-0.2, 0) is 20.9 Å². The second-order valence-corrected chi connectivity index (χ2v) is 7.35. The van der Waals surface area contributed by atoms with Gasteiger partial charge in [0.05, 0.1) is 6.61 Å². The van der Waals surface area contributed by atoms with Crippen molar-refractivity contribution in [3.8, 4) is 0 Å². The van der Waals surface area contributed by atoms with E-state index in [1.165, 1.54) is 12.8 Å². The maximum atomic E-state index is 12.8. The molecule has 2 N–H and O–H groups in total. The quantitative estimate of drug-likeness (QED) is 0.825. The lowest BCUT2D eigenvalue weighted by molar-refractivity contribution is -0.156. The van der Waals surface area contributed by atoms with Crippen molar-refractivity contribution in [3.63, 3.8) is 0 Å². The smallest absolute Gasteiger partial charge is 0.249 e. The molecule has 3 aliphatic rings. The second kappa shape index (κ2) is 8.37. The summed E-state index contributed by atoms with van der Waals surface area (Å²) in [4.78, 5) is 26.8. The molecule has 6 nitrogen and oxygen atoms in total. The number of carbonyl (C=O) groups is 2. The summed E-state index contributed by atoms with van der Waals surface area (Å²) in [6, 6.07) is 10.5. The molecule has 3 atom stereocenters. The van der Waals surface area contributed by atoms with Crippen LogP contribution in [0, 0.1) is 0 Å². The first kappa shape index (κ1) is 19.1. The lowest BCUT2D eigenvalue weighted by atomic mass is 9.99. The van der Waals surface area contributed by atoms with E-state index in [1.54, 1.807) is 4.90 Å². The fourth-order valence-corrected chi connectivity index (χ4v) is 4.27. The third-order valence-electron chi connectivity index (χ3n) is 5.52. The average molecular weight is 380 g/mol. The van der Waals surface area contributed by atoms with Gasteiger partial charge in [-0.05, 0) is 31.2 Å². The van der Waals surface area contributed by atoms with E-state index >= 15 is 0 Å². The molecule has 1 aromatic rings. The Labute approximate surface area is 160 Å². The summed E-state index contributed by atoms with van der Waals surface area (Å²) in [5.74, 6) is -0.212. The first-order valence-corrected chi connectivity index (χ1v) is 9.16. The first-order chi connectivity index (χ1) is 12.2. The van der Waals surface area contributed by atoms with Crippen LogP contribution in [0.1, 0.15) is 31.2 Å². The molecule has 26 heavy (non-hydrogen) atoms. The van der Waals surface area contributed by atoms with Crippen LogP contribution in [0.2, 0.25) is 0 Å². The van der Waals surface area contributed by atoms with Crippen molar-refractivity contribution in [1.82, 2.24) is 15.5 Å². The van der Waals surface area contributed by atoms with Crippen molar-refractivity contribution >= 4 is 24.2 Å². The minimum absolute atomic E-state index is 0. The molecular formula is C19H26ClN3O3. The van der Waals surface area contributed by atoms with Crippen molar-refractivity contribution in [3.05, 3.63) is 35.9 Å². The minimum atomic E-state index is -0.547. The average Bonchev–Trinajstić information content (AvgIpc) is 2.96. The Morgan fingerprint density at radius 2 is 1.88 bits per heavy atom. The van der Waals surface area contributed by atoms with E-state index in [9.17, 15) is 9.59 Å². The molecule has 7 heteroatoms. The van der Waals surface area contributed by atoms with Gasteiger partial charge in [0.25, 0.3) is 0 Å². The van der Waals surface area contributed by atoms with Crippen LogP contribution in [0.3, 0.4) is 0 Å². The molecule has 0 radical (unpaired) electrons. The van der Waals surface area contributed by atoms with Crippen molar-refractivity contribution < 1.29 is 14.3 Å². The molecule has 3 aliphatic heterocycles. The molecule has 3 heterocycles. The third kappa shape index (κ3) is 4.19. The standard InChI is InChI=1S/C19H25N3O3.ClH/c23-18-12-25-11-17(22(18)10-13-4-2-1-3-5-13)19(24)21-16-8-14-6-7-15(9-16)20-14;/h1-5,14-17,20H,6-12H2,(H,21,24);1H/t14?,15?,16?,17-;/m1./s1. The number of nitrogens with zero attached hydrogens (tertiary/aromatic N) is 1.